The second-order valence-electron chi connectivity index (χ2n) is 7.60. The lowest BCUT2D eigenvalue weighted by Crippen LogP contribution is -2.49. The molecule has 1 saturated heterocycles. The number of hydrogen-bond acceptors (Lipinski definition) is 6. The molecule has 1 N–H and O–H groups in total. The van der Waals surface area contributed by atoms with Crippen molar-refractivity contribution in [3.63, 3.8) is 0 Å². The zero-order chi connectivity index (χ0) is 20.2. The van der Waals surface area contributed by atoms with Crippen LogP contribution >= 0.6 is 0 Å². The first kappa shape index (κ1) is 19.4. The van der Waals surface area contributed by atoms with Crippen LogP contribution in [0.4, 0.5) is 5.95 Å². The van der Waals surface area contributed by atoms with Gasteiger partial charge in [-0.25, -0.2) is 9.97 Å². The third kappa shape index (κ3) is 4.56. The number of furan rings is 1. The van der Waals surface area contributed by atoms with Crippen molar-refractivity contribution in [2.75, 3.05) is 44.2 Å². The first-order valence-electron chi connectivity index (χ1n) is 10.1. The topological polar surface area (TPSA) is 74.5 Å². The minimum atomic E-state index is 0.0299. The molecule has 1 aliphatic rings. The summed E-state index contributed by atoms with van der Waals surface area (Å²) < 4.78 is 5.63. The molecule has 0 saturated carbocycles. The van der Waals surface area contributed by atoms with E-state index in [0.29, 0.717) is 13.0 Å². The Morgan fingerprint density at radius 1 is 1.10 bits per heavy atom. The molecule has 0 atom stereocenters. The number of carbonyl (C=O) groups excluding carboxylic acids is 1. The van der Waals surface area contributed by atoms with E-state index in [0.717, 1.165) is 55.2 Å². The van der Waals surface area contributed by atoms with Crippen LogP contribution in [0.1, 0.15) is 16.7 Å². The summed E-state index contributed by atoms with van der Waals surface area (Å²) in [6.07, 6.45) is 5.59. The number of amides is 1. The number of benzene rings is 1. The Morgan fingerprint density at radius 3 is 2.59 bits per heavy atom. The second-order valence-corrected chi connectivity index (χ2v) is 7.60. The summed E-state index contributed by atoms with van der Waals surface area (Å²) in [7, 11) is 0. The van der Waals surface area contributed by atoms with Crippen molar-refractivity contribution in [3.05, 3.63) is 53.5 Å². The van der Waals surface area contributed by atoms with Crippen LogP contribution in [0.15, 0.2) is 41.3 Å². The average Bonchev–Trinajstić information content (AvgIpc) is 3.11. The number of anilines is 1. The Hall–Kier alpha value is -2.93. The van der Waals surface area contributed by atoms with Crippen LogP contribution in [0.2, 0.25) is 0 Å². The van der Waals surface area contributed by atoms with E-state index in [1.165, 1.54) is 11.1 Å². The van der Waals surface area contributed by atoms with E-state index in [-0.39, 0.29) is 5.91 Å². The Kier molecular flexibility index (Phi) is 5.76. The van der Waals surface area contributed by atoms with Gasteiger partial charge in [0, 0.05) is 62.6 Å². The lowest BCUT2D eigenvalue weighted by Gasteiger charge is -2.34. The average molecular weight is 393 g/mol. The molecular formula is C22H27N5O2. The summed E-state index contributed by atoms with van der Waals surface area (Å²) in [5.41, 5.74) is 4.19. The predicted octanol–water partition coefficient (Wildman–Crippen LogP) is 2.32. The molecular weight excluding hydrogens is 366 g/mol. The number of hydrogen-bond donors (Lipinski definition) is 1. The first-order valence-corrected chi connectivity index (χ1v) is 10.1. The summed E-state index contributed by atoms with van der Waals surface area (Å²) in [6, 6.07) is 5.97. The SMILES string of the molecule is Cc1cc2occ(CC(=O)NCCN3CCN(c4ncccn4)CC3)c2cc1C. The highest BCUT2D eigenvalue weighted by atomic mass is 16.3. The normalized spacial score (nSPS) is 15.0. The molecule has 0 radical (unpaired) electrons. The third-order valence-corrected chi connectivity index (χ3v) is 5.58. The maximum atomic E-state index is 12.4. The van der Waals surface area contributed by atoms with Gasteiger partial charge in [-0.15, -0.1) is 0 Å². The highest BCUT2D eigenvalue weighted by Gasteiger charge is 2.18. The van der Waals surface area contributed by atoms with Gasteiger partial charge < -0.3 is 14.6 Å². The molecule has 0 spiro atoms. The standard InChI is InChI=1S/C22H27N5O2/c1-16-12-19-18(15-29-20(19)13-17(16)2)14-21(28)23-6-7-26-8-10-27(11-9-26)22-24-4-3-5-25-22/h3-5,12-13,15H,6-11,14H2,1-2H3,(H,23,28). The van der Waals surface area contributed by atoms with Gasteiger partial charge in [-0.2, -0.15) is 0 Å². The summed E-state index contributed by atoms with van der Waals surface area (Å²) in [6.45, 7) is 9.33. The zero-order valence-electron chi connectivity index (χ0n) is 17.0. The van der Waals surface area contributed by atoms with Gasteiger partial charge in [0.25, 0.3) is 0 Å². The van der Waals surface area contributed by atoms with Crippen molar-refractivity contribution in [1.29, 1.82) is 0 Å². The van der Waals surface area contributed by atoms with Crippen molar-refractivity contribution in [2.24, 2.45) is 0 Å². The van der Waals surface area contributed by atoms with Gasteiger partial charge in [0.1, 0.15) is 5.58 Å². The third-order valence-electron chi connectivity index (χ3n) is 5.58. The quantitative estimate of drug-likeness (QED) is 0.693. The van der Waals surface area contributed by atoms with Crippen LogP contribution < -0.4 is 10.2 Å². The molecule has 7 heteroatoms. The fourth-order valence-electron chi connectivity index (χ4n) is 3.69. The van der Waals surface area contributed by atoms with E-state index < -0.39 is 0 Å². The van der Waals surface area contributed by atoms with Gasteiger partial charge in [0.05, 0.1) is 12.7 Å². The van der Waals surface area contributed by atoms with Crippen LogP contribution in [0.3, 0.4) is 0 Å². The van der Waals surface area contributed by atoms with E-state index in [1.807, 2.05) is 12.1 Å². The highest BCUT2D eigenvalue weighted by molar-refractivity contribution is 5.88. The minimum Gasteiger partial charge on any atom is -0.464 e. The molecule has 4 rings (SSSR count). The van der Waals surface area contributed by atoms with E-state index in [9.17, 15) is 4.79 Å². The number of nitrogens with zero attached hydrogens (tertiary/aromatic N) is 4. The number of aromatic nitrogens is 2. The van der Waals surface area contributed by atoms with Crippen LogP contribution in [-0.4, -0.2) is 60.0 Å². The molecule has 1 aromatic carbocycles. The van der Waals surface area contributed by atoms with Gasteiger partial charge in [-0.1, -0.05) is 0 Å². The lowest BCUT2D eigenvalue weighted by atomic mass is 10.0. The molecule has 2 aromatic heterocycles. The number of nitrogens with one attached hydrogen (secondary N) is 1. The van der Waals surface area contributed by atoms with Gasteiger partial charge in [0.2, 0.25) is 11.9 Å². The van der Waals surface area contributed by atoms with E-state index >= 15 is 0 Å². The van der Waals surface area contributed by atoms with Gasteiger partial charge in [0.15, 0.2) is 0 Å². The molecule has 7 nitrogen and oxygen atoms in total. The van der Waals surface area contributed by atoms with Gasteiger partial charge >= 0.3 is 0 Å². The Balaban J connectivity index is 1.22. The highest BCUT2D eigenvalue weighted by Crippen LogP contribution is 2.25. The first-order chi connectivity index (χ1) is 14.1. The molecule has 0 unspecified atom stereocenters. The molecule has 1 aliphatic heterocycles. The number of carbonyl (C=O) groups is 1. The molecule has 0 aliphatic carbocycles. The van der Waals surface area contributed by atoms with Crippen molar-refractivity contribution in [1.82, 2.24) is 20.2 Å². The summed E-state index contributed by atoms with van der Waals surface area (Å²) >= 11 is 0. The molecule has 1 fully saturated rings. The monoisotopic (exact) mass is 393 g/mol. The van der Waals surface area contributed by atoms with Gasteiger partial charge in [-0.3, -0.25) is 9.69 Å². The second kappa shape index (κ2) is 8.61. The Morgan fingerprint density at radius 2 is 1.83 bits per heavy atom. The summed E-state index contributed by atoms with van der Waals surface area (Å²) in [5.74, 6) is 0.820. The molecule has 152 valence electrons. The van der Waals surface area contributed by atoms with Crippen molar-refractivity contribution < 1.29 is 9.21 Å². The molecule has 3 heterocycles. The number of aryl methyl sites for hydroxylation is 2. The van der Waals surface area contributed by atoms with Gasteiger partial charge in [-0.05, 0) is 43.2 Å². The summed E-state index contributed by atoms with van der Waals surface area (Å²) in [4.78, 5) is 25.6. The maximum absolute atomic E-state index is 12.4. The van der Waals surface area contributed by atoms with E-state index in [1.54, 1.807) is 18.7 Å². The number of rotatable bonds is 6. The van der Waals surface area contributed by atoms with Crippen LogP contribution in [0.5, 0.6) is 0 Å². The summed E-state index contributed by atoms with van der Waals surface area (Å²) in [5, 5.41) is 4.07. The van der Waals surface area contributed by atoms with Crippen molar-refractivity contribution >= 4 is 22.8 Å². The van der Waals surface area contributed by atoms with Crippen LogP contribution in [0.25, 0.3) is 11.0 Å². The smallest absolute Gasteiger partial charge is 0.225 e. The zero-order valence-corrected chi connectivity index (χ0v) is 17.0. The lowest BCUT2D eigenvalue weighted by molar-refractivity contribution is -0.120. The Bertz CT molecular complexity index is 978. The minimum absolute atomic E-state index is 0.0299. The van der Waals surface area contributed by atoms with Crippen molar-refractivity contribution in [3.8, 4) is 0 Å². The fourth-order valence-corrected chi connectivity index (χ4v) is 3.69. The van der Waals surface area contributed by atoms with E-state index in [2.05, 4.69) is 45.0 Å². The van der Waals surface area contributed by atoms with E-state index in [4.69, 9.17) is 4.42 Å². The van der Waals surface area contributed by atoms with Crippen molar-refractivity contribution in [2.45, 2.75) is 20.3 Å². The largest absolute Gasteiger partial charge is 0.464 e. The molecule has 29 heavy (non-hydrogen) atoms. The van der Waals surface area contributed by atoms with Crippen LogP contribution in [-0.2, 0) is 11.2 Å². The molecule has 1 amide bonds. The molecule has 0 bridgehead atoms. The fraction of sp³-hybridized carbons (Fsp3) is 0.409. The maximum Gasteiger partial charge on any atom is 0.225 e. The Labute approximate surface area is 170 Å². The number of piperazine rings is 1. The van der Waals surface area contributed by atoms with Crippen LogP contribution in [0, 0.1) is 13.8 Å². The number of fused-ring (bicyclic) bond motifs is 1. The predicted molar refractivity (Wildman–Crippen MR) is 113 cm³/mol. The molecule has 3 aromatic rings.